The summed E-state index contributed by atoms with van der Waals surface area (Å²) in [6.07, 6.45) is 0. The van der Waals surface area contributed by atoms with Crippen LogP contribution in [0, 0.1) is 13.8 Å². The number of aliphatic hydroxyl groups is 1. The van der Waals surface area contributed by atoms with E-state index in [0.29, 0.717) is 33.7 Å². The summed E-state index contributed by atoms with van der Waals surface area (Å²) >= 11 is 0. The van der Waals surface area contributed by atoms with Crippen molar-refractivity contribution in [3.63, 3.8) is 0 Å². The van der Waals surface area contributed by atoms with Gasteiger partial charge in [-0.2, -0.15) is 0 Å². The van der Waals surface area contributed by atoms with Gasteiger partial charge in [0, 0.05) is 11.3 Å². The van der Waals surface area contributed by atoms with Crippen LogP contribution in [0.25, 0.3) is 5.76 Å². The first-order valence-corrected chi connectivity index (χ1v) is 12.9. The van der Waals surface area contributed by atoms with E-state index in [9.17, 15) is 19.5 Å². The number of methoxy groups -OCH3 is 1. The van der Waals surface area contributed by atoms with Gasteiger partial charge in [-0.15, -0.1) is 0 Å². The molecule has 3 aromatic rings. The highest BCUT2D eigenvalue weighted by atomic mass is 16.5. The topological polar surface area (TPSA) is 93.1 Å². The fourth-order valence-electron chi connectivity index (χ4n) is 4.95. The van der Waals surface area contributed by atoms with Gasteiger partial charge in [-0.25, -0.2) is 4.79 Å². The van der Waals surface area contributed by atoms with Crippen molar-refractivity contribution >= 4 is 29.1 Å². The quantitative estimate of drug-likeness (QED) is 0.169. The summed E-state index contributed by atoms with van der Waals surface area (Å²) in [6.45, 7) is 9.75. The first kappa shape index (κ1) is 27.6. The molecule has 1 amide bonds. The molecule has 0 aromatic heterocycles. The molecule has 0 spiro atoms. The van der Waals surface area contributed by atoms with Gasteiger partial charge in [0.15, 0.2) is 0 Å². The number of carbonyl (C=O) groups excluding carboxylic acids is 3. The zero-order valence-electron chi connectivity index (χ0n) is 23.1. The van der Waals surface area contributed by atoms with Crippen molar-refractivity contribution in [1.82, 2.24) is 0 Å². The van der Waals surface area contributed by atoms with Gasteiger partial charge in [0.1, 0.15) is 11.5 Å². The lowest BCUT2D eigenvalue weighted by Gasteiger charge is -2.26. The van der Waals surface area contributed by atoms with Crippen LogP contribution in [0.1, 0.15) is 70.9 Å². The first-order chi connectivity index (χ1) is 18.6. The molecule has 0 bridgehead atoms. The van der Waals surface area contributed by atoms with Crippen LogP contribution in [0.4, 0.5) is 5.69 Å². The Balaban J connectivity index is 1.93. The molecule has 202 valence electrons. The lowest BCUT2D eigenvalue weighted by Crippen LogP contribution is -2.29. The third kappa shape index (κ3) is 5.17. The number of hydrogen-bond donors (Lipinski definition) is 1. The van der Waals surface area contributed by atoms with Crippen molar-refractivity contribution in [1.29, 1.82) is 0 Å². The molecule has 4 rings (SSSR count). The molecule has 1 atom stereocenters. The zero-order valence-corrected chi connectivity index (χ0v) is 23.1. The number of aryl methyl sites for hydroxylation is 2. The van der Waals surface area contributed by atoms with Crippen molar-refractivity contribution in [2.24, 2.45) is 0 Å². The Morgan fingerprint density at radius 3 is 2.31 bits per heavy atom. The Morgan fingerprint density at radius 2 is 1.72 bits per heavy atom. The maximum absolute atomic E-state index is 13.6. The van der Waals surface area contributed by atoms with Gasteiger partial charge in [-0.1, -0.05) is 43.7 Å². The number of rotatable bonds is 7. The second-order valence-electron chi connectivity index (χ2n) is 9.91. The molecule has 3 aromatic carbocycles. The third-order valence-corrected chi connectivity index (χ3v) is 6.91. The van der Waals surface area contributed by atoms with Crippen molar-refractivity contribution < 1.29 is 29.0 Å². The van der Waals surface area contributed by atoms with Crippen molar-refractivity contribution in [2.45, 2.75) is 46.6 Å². The second-order valence-corrected chi connectivity index (χ2v) is 9.91. The van der Waals surface area contributed by atoms with Crippen LogP contribution in [-0.4, -0.2) is 36.5 Å². The van der Waals surface area contributed by atoms with Gasteiger partial charge in [0.25, 0.3) is 11.7 Å². The van der Waals surface area contributed by atoms with E-state index in [2.05, 4.69) is 0 Å². The molecule has 7 heteroatoms. The summed E-state index contributed by atoms with van der Waals surface area (Å²) in [4.78, 5) is 40.6. The van der Waals surface area contributed by atoms with Crippen LogP contribution in [0.3, 0.4) is 0 Å². The molecule has 1 aliphatic heterocycles. The normalized spacial score (nSPS) is 16.6. The molecule has 1 aliphatic rings. The molecular weight excluding hydrogens is 494 g/mol. The Morgan fingerprint density at radius 1 is 1.03 bits per heavy atom. The fraction of sp³-hybridized carbons (Fsp3) is 0.281. The predicted molar refractivity (Wildman–Crippen MR) is 150 cm³/mol. The average molecular weight is 528 g/mol. The molecule has 1 fully saturated rings. The minimum absolute atomic E-state index is 0.00282. The van der Waals surface area contributed by atoms with E-state index in [4.69, 9.17) is 9.47 Å². The van der Waals surface area contributed by atoms with E-state index in [1.807, 2.05) is 64.1 Å². The van der Waals surface area contributed by atoms with Crippen molar-refractivity contribution in [2.75, 3.05) is 18.6 Å². The number of Topliss-reactive ketones (excluding diaryl/α,β-unsaturated/α-hetero) is 1. The van der Waals surface area contributed by atoms with Crippen LogP contribution in [0.2, 0.25) is 0 Å². The average Bonchev–Trinajstić information content (AvgIpc) is 3.18. The number of hydrogen-bond acceptors (Lipinski definition) is 6. The van der Waals surface area contributed by atoms with Gasteiger partial charge in [0.05, 0.1) is 30.9 Å². The zero-order chi connectivity index (χ0) is 28.4. The monoisotopic (exact) mass is 527 g/mol. The molecular formula is C32H33NO6. The molecule has 1 heterocycles. The molecule has 0 saturated carbocycles. The second kappa shape index (κ2) is 11.2. The highest BCUT2D eigenvalue weighted by Gasteiger charge is 2.47. The molecule has 1 N–H and O–H groups in total. The van der Waals surface area contributed by atoms with E-state index in [-0.39, 0.29) is 23.9 Å². The molecule has 0 aliphatic carbocycles. The standard InChI is InChI=1S/C32H33NO6/c1-7-39-32(37)21-11-13-23(14-12-21)33-28(22-10-8-9-19(4)15-22)27(30(35)31(33)36)29(34)25-17-24(18(2)3)26(38-6)16-20(25)5/h8-18,28,34H,7H2,1-6H3/b29-27+. The molecule has 1 unspecified atom stereocenters. The summed E-state index contributed by atoms with van der Waals surface area (Å²) < 4.78 is 10.6. The number of anilines is 1. The number of aliphatic hydroxyl groups excluding tert-OH is 1. The minimum atomic E-state index is -0.873. The van der Waals surface area contributed by atoms with Crippen molar-refractivity contribution in [3.8, 4) is 5.75 Å². The number of nitrogens with zero attached hydrogens (tertiary/aromatic N) is 1. The summed E-state index contributed by atoms with van der Waals surface area (Å²) in [5.41, 5.74) is 4.43. The van der Waals surface area contributed by atoms with E-state index < -0.39 is 23.7 Å². The van der Waals surface area contributed by atoms with Crippen LogP contribution in [0.15, 0.2) is 66.2 Å². The number of carbonyl (C=O) groups is 3. The van der Waals surface area contributed by atoms with Gasteiger partial charge in [-0.05, 0) is 79.8 Å². The number of benzene rings is 3. The number of ether oxygens (including phenoxy) is 2. The summed E-state index contributed by atoms with van der Waals surface area (Å²) in [7, 11) is 1.59. The Hall–Kier alpha value is -4.39. The SMILES string of the molecule is CCOC(=O)c1ccc(N2C(=O)C(=O)/C(=C(/O)c3cc(C(C)C)c(OC)cc3C)C2c2cccc(C)c2)cc1. The number of ketones is 1. The Bertz CT molecular complexity index is 1470. The number of esters is 1. The summed E-state index contributed by atoms with van der Waals surface area (Å²) in [6, 6.07) is 16.6. The third-order valence-electron chi connectivity index (χ3n) is 6.91. The molecule has 39 heavy (non-hydrogen) atoms. The number of amides is 1. The Labute approximate surface area is 228 Å². The summed E-state index contributed by atoms with van der Waals surface area (Å²) in [5, 5.41) is 11.7. The molecule has 0 radical (unpaired) electrons. The van der Waals surface area contributed by atoms with E-state index in [0.717, 1.165) is 11.1 Å². The van der Waals surface area contributed by atoms with Crippen molar-refractivity contribution in [3.05, 3.63) is 99.6 Å². The highest BCUT2D eigenvalue weighted by molar-refractivity contribution is 6.51. The molecule has 7 nitrogen and oxygen atoms in total. The van der Waals surface area contributed by atoms with Gasteiger partial charge >= 0.3 is 5.97 Å². The fourth-order valence-corrected chi connectivity index (χ4v) is 4.95. The first-order valence-electron chi connectivity index (χ1n) is 12.9. The minimum Gasteiger partial charge on any atom is -0.507 e. The van der Waals surface area contributed by atoms with Gasteiger partial charge in [0.2, 0.25) is 0 Å². The molecule has 1 saturated heterocycles. The smallest absolute Gasteiger partial charge is 0.338 e. The highest BCUT2D eigenvalue weighted by Crippen LogP contribution is 2.43. The Kier molecular flexibility index (Phi) is 7.90. The largest absolute Gasteiger partial charge is 0.507 e. The summed E-state index contributed by atoms with van der Waals surface area (Å²) in [5.74, 6) is -1.47. The van der Waals surface area contributed by atoms with Crippen LogP contribution < -0.4 is 9.64 Å². The van der Waals surface area contributed by atoms with Crippen LogP contribution in [-0.2, 0) is 14.3 Å². The maximum Gasteiger partial charge on any atom is 0.338 e. The predicted octanol–water partition coefficient (Wildman–Crippen LogP) is 6.24. The van der Waals surface area contributed by atoms with Crippen LogP contribution >= 0.6 is 0 Å². The van der Waals surface area contributed by atoms with Gasteiger partial charge < -0.3 is 14.6 Å². The van der Waals surface area contributed by atoms with E-state index in [1.54, 1.807) is 38.3 Å². The van der Waals surface area contributed by atoms with E-state index in [1.165, 1.54) is 4.90 Å². The van der Waals surface area contributed by atoms with Crippen LogP contribution in [0.5, 0.6) is 5.75 Å². The van der Waals surface area contributed by atoms with E-state index >= 15 is 0 Å². The lowest BCUT2D eigenvalue weighted by atomic mass is 9.90. The maximum atomic E-state index is 13.6. The van der Waals surface area contributed by atoms with Gasteiger partial charge in [-0.3, -0.25) is 14.5 Å². The lowest BCUT2D eigenvalue weighted by molar-refractivity contribution is -0.132.